The summed E-state index contributed by atoms with van der Waals surface area (Å²) in [4.78, 5) is 27.6. The summed E-state index contributed by atoms with van der Waals surface area (Å²) in [5.41, 5.74) is 1.10. The van der Waals surface area contributed by atoms with Crippen molar-refractivity contribution < 1.29 is 18.0 Å². The van der Waals surface area contributed by atoms with Gasteiger partial charge in [-0.3, -0.25) is 9.59 Å². The largest absolute Gasteiger partial charge is 0.343 e. The summed E-state index contributed by atoms with van der Waals surface area (Å²) in [6.07, 6.45) is 0.0140. The topological polar surface area (TPSA) is 107 Å². The zero-order valence-corrected chi connectivity index (χ0v) is 19.3. The molecule has 0 aliphatic heterocycles. The number of carbonyl (C=O) groups excluding carboxylic acids is 2. The molecule has 1 atom stereocenters. The van der Waals surface area contributed by atoms with E-state index in [9.17, 15) is 18.0 Å². The van der Waals surface area contributed by atoms with Gasteiger partial charge in [-0.25, -0.2) is 13.1 Å². The third-order valence-corrected chi connectivity index (χ3v) is 6.82. The Morgan fingerprint density at radius 1 is 0.970 bits per heavy atom. The van der Waals surface area contributed by atoms with Gasteiger partial charge in [-0.05, 0) is 60.9 Å². The Kier molecular flexibility index (Phi) is 7.46. The number of amides is 2. The van der Waals surface area contributed by atoms with E-state index in [-0.39, 0.29) is 11.3 Å². The summed E-state index contributed by atoms with van der Waals surface area (Å²) in [6.45, 7) is 4.38. The molecule has 3 rings (SSSR count). The average molecular weight is 464 g/mol. The maximum Gasteiger partial charge on any atom is 0.264 e. The van der Waals surface area contributed by atoms with Crippen LogP contribution in [-0.2, 0) is 26.0 Å². The molecule has 0 aromatic heterocycles. The molecular formula is C25H25N3O4S. The SMILES string of the molecule is CCN(CC)C(=O)C(Cc1ccc(C#N)cc1)C(=O)NS(=O)(=O)c1ccc2ccccc2c1. The highest BCUT2D eigenvalue weighted by Crippen LogP contribution is 2.20. The van der Waals surface area contributed by atoms with Gasteiger partial charge in [0.1, 0.15) is 5.92 Å². The van der Waals surface area contributed by atoms with Crippen LogP contribution in [0, 0.1) is 17.2 Å². The normalized spacial score (nSPS) is 12.0. The molecule has 170 valence electrons. The molecule has 8 heteroatoms. The first kappa shape index (κ1) is 24.0. The third-order valence-electron chi connectivity index (χ3n) is 5.48. The van der Waals surface area contributed by atoms with Crippen molar-refractivity contribution in [1.82, 2.24) is 9.62 Å². The molecule has 0 aliphatic carbocycles. The lowest BCUT2D eigenvalue weighted by molar-refractivity contribution is -0.141. The quantitative estimate of drug-likeness (QED) is 0.516. The molecular weight excluding hydrogens is 438 g/mol. The van der Waals surface area contributed by atoms with Gasteiger partial charge in [0.25, 0.3) is 10.0 Å². The summed E-state index contributed by atoms with van der Waals surface area (Å²) < 4.78 is 28.0. The van der Waals surface area contributed by atoms with Crippen molar-refractivity contribution in [2.75, 3.05) is 13.1 Å². The van der Waals surface area contributed by atoms with Crippen LogP contribution in [0.1, 0.15) is 25.0 Å². The molecule has 1 unspecified atom stereocenters. The number of hydrogen-bond acceptors (Lipinski definition) is 5. The van der Waals surface area contributed by atoms with Crippen LogP contribution in [0.4, 0.5) is 0 Å². The molecule has 0 heterocycles. The van der Waals surface area contributed by atoms with Crippen LogP contribution in [0.25, 0.3) is 10.8 Å². The van der Waals surface area contributed by atoms with E-state index in [2.05, 4.69) is 4.72 Å². The van der Waals surface area contributed by atoms with Gasteiger partial charge in [-0.1, -0.05) is 42.5 Å². The van der Waals surface area contributed by atoms with E-state index in [1.54, 1.807) is 56.3 Å². The number of hydrogen-bond donors (Lipinski definition) is 1. The second-order valence-corrected chi connectivity index (χ2v) is 9.24. The zero-order valence-electron chi connectivity index (χ0n) is 18.5. The number of nitrogens with zero attached hydrogens (tertiary/aromatic N) is 2. The first-order chi connectivity index (χ1) is 15.8. The predicted molar refractivity (Wildman–Crippen MR) is 126 cm³/mol. The molecule has 0 spiro atoms. The minimum Gasteiger partial charge on any atom is -0.343 e. The van der Waals surface area contributed by atoms with Crippen LogP contribution < -0.4 is 4.72 Å². The predicted octanol–water partition coefficient (Wildman–Crippen LogP) is 3.24. The lowest BCUT2D eigenvalue weighted by atomic mass is 9.96. The molecule has 0 bridgehead atoms. The summed E-state index contributed by atoms with van der Waals surface area (Å²) in [5, 5.41) is 10.6. The first-order valence-electron chi connectivity index (χ1n) is 10.6. The molecule has 0 fully saturated rings. The minimum absolute atomic E-state index is 0.0140. The number of rotatable bonds is 8. The molecule has 2 amide bonds. The Morgan fingerprint density at radius 2 is 1.61 bits per heavy atom. The summed E-state index contributed by atoms with van der Waals surface area (Å²) in [7, 11) is -4.18. The first-order valence-corrected chi connectivity index (χ1v) is 12.1. The van der Waals surface area contributed by atoms with Crippen LogP contribution >= 0.6 is 0 Å². The molecule has 0 aliphatic rings. The fourth-order valence-corrected chi connectivity index (χ4v) is 4.65. The van der Waals surface area contributed by atoms with Gasteiger partial charge in [-0.15, -0.1) is 0 Å². The van der Waals surface area contributed by atoms with Crippen molar-refractivity contribution in [2.45, 2.75) is 25.2 Å². The molecule has 0 radical (unpaired) electrons. The highest BCUT2D eigenvalue weighted by Gasteiger charge is 2.33. The van der Waals surface area contributed by atoms with E-state index in [4.69, 9.17) is 5.26 Å². The van der Waals surface area contributed by atoms with Crippen molar-refractivity contribution >= 4 is 32.6 Å². The van der Waals surface area contributed by atoms with Crippen LogP contribution in [0.5, 0.6) is 0 Å². The van der Waals surface area contributed by atoms with Crippen molar-refractivity contribution in [1.29, 1.82) is 5.26 Å². The molecule has 7 nitrogen and oxygen atoms in total. The Hall–Kier alpha value is -3.70. The Bertz CT molecular complexity index is 1310. The Labute approximate surface area is 193 Å². The zero-order chi connectivity index (χ0) is 24.0. The van der Waals surface area contributed by atoms with Gasteiger partial charge in [0, 0.05) is 13.1 Å². The maximum atomic E-state index is 13.1. The van der Waals surface area contributed by atoms with Gasteiger partial charge < -0.3 is 4.90 Å². The molecule has 3 aromatic carbocycles. The Balaban J connectivity index is 1.90. The second kappa shape index (κ2) is 10.3. The molecule has 1 N–H and O–H groups in total. The minimum atomic E-state index is -4.18. The van der Waals surface area contributed by atoms with E-state index in [0.29, 0.717) is 24.2 Å². The lowest BCUT2D eigenvalue weighted by Gasteiger charge is -2.24. The van der Waals surface area contributed by atoms with Crippen LogP contribution in [0.2, 0.25) is 0 Å². The van der Waals surface area contributed by atoms with Crippen molar-refractivity contribution in [2.24, 2.45) is 5.92 Å². The fourth-order valence-electron chi connectivity index (χ4n) is 3.60. The van der Waals surface area contributed by atoms with E-state index in [1.807, 2.05) is 18.2 Å². The number of carbonyl (C=O) groups is 2. The third kappa shape index (κ3) is 5.57. The summed E-state index contributed by atoms with van der Waals surface area (Å²) in [6, 6.07) is 20.4. The summed E-state index contributed by atoms with van der Waals surface area (Å²) >= 11 is 0. The van der Waals surface area contributed by atoms with E-state index in [1.165, 1.54) is 17.0 Å². The van der Waals surface area contributed by atoms with Gasteiger partial charge in [-0.2, -0.15) is 5.26 Å². The molecule has 33 heavy (non-hydrogen) atoms. The van der Waals surface area contributed by atoms with Crippen molar-refractivity contribution in [3.8, 4) is 6.07 Å². The number of sulfonamides is 1. The van der Waals surface area contributed by atoms with Gasteiger partial charge >= 0.3 is 0 Å². The second-order valence-electron chi connectivity index (χ2n) is 7.55. The molecule has 0 saturated heterocycles. The van der Waals surface area contributed by atoms with E-state index >= 15 is 0 Å². The van der Waals surface area contributed by atoms with Crippen LogP contribution in [-0.4, -0.2) is 38.2 Å². The van der Waals surface area contributed by atoms with Gasteiger partial charge in [0.2, 0.25) is 11.8 Å². The fraction of sp³-hybridized carbons (Fsp3) is 0.240. The van der Waals surface area contributed by atoms with E-state index < -0.39 is 27.8 Å². The monoisotopic (exact) mass is 463 g/mol. The van der Waals surface area contributed by atoms with Gasteiger partial charge in [0.15, 0.2) is 0 Å². The smallest absolute Gasteiger partial charge is 0.264 e. The number of nitrogens with one attached hydrogen (secondary N) is 1. The van der Waals surface area contributed by atoms with Gasteiger partial charge in [0.05, 0.1) is 16.5 Å². The maximum absolute atomic E-state index is 13.1. The number of nitriles is 1. The average Bonchev–Trinajstić information content (AvgIpc) is 2.82. The summed E-state index contributed by atoms with van der Waals surface area (Å²) in [5.74, 6) is -2.56. The lowest BCUT2D eigenvalue weighted by Crippen LogP contribution is -2.46. The Morgan fingerprint density at radius 3 is 2.21 bits per heavy atom. The highest BCUT2D eigenvalue weighted by atomic mass is 32.2. The van der Waals surface area contributed by atoms with Crippen molar-refractivity contribution in [3.05, 3.63) is 77.9 Å². The van der Waals surface area contributed by atoms with Crippen LogP contribution in [0.3, 0.4) is 0 Å². The highest BCUT2D eigenvalue weighted by molar-refractivity contribution is 7.90. The standard InChI is InChI=1S/C25H25N3O4S/c1-3-28(4-2)25(30)23(15-18-9-11-19(17-26)12-10-18)24(29)27-33(31,32)22-14-13-20-7-5-6-8-21(20)16-22/h5-14,16,23H,3-4,15H2,1-2H3,(H,27,29). The van der Waals surface area contributed by atoms with E-state index in [0.717, 1.165) is 10.8 Å². The number of benzene rings is 3. The molecule has 0 saturated carbocycles. The number of fused-ring (bicyclic) bond motifs is 1. The van der Waals surface area contributed by atoms with Crippen LogP contribution in [0.15, 0.2) is 71.6 Å². The molecule has 3 aromatic rings. The van der Waals surface area contributed by atoms with Crippen molar-refractivity contribution in [3.63, 3.8) is 0 Å².